The van der Waals surface area contributed by atoms with Crippen LogP contribution >= 0.6 is 23.2 Å². The number of carboxylic acids is 1. The van der Waals surface area contributed by atoms with Crippen molar-refractivity contribution < 1.29 is 14.6 Å². The SMILES string of the molecule is CC(Oc1c(Cl)cc(Cl)cc1CNC(C)(C)C)C(=O)O. The normalized spacial score (nSPS) is 13.1. The van der Waals surface area contributed by atoms with Gasteiger partial charge in [0.15, 0.2) is 6.10 Å². The predicted molar refractivity (Wildman–Crippen MR) is 80.8 cm³/mol. The molecule has 0 fully saturated rings. The molecular formula is C14H19Cl2NO3. The Morgan fingerprint density at radius 2 is 2.00 bits per heavy atom. The smallest absolute Gasteiger partial charge is 0.344 e. The van der Waals surface area contributed by atoms with E-state index in [1.807, 2.05) is 20.8 Å². The average molecular weight is 320 g/mol. The number of aliphatic carboxylic acids is 1. The topological polar surface area (TPSA) is 58.6 Å². The molecule has 2 N–H and O–H groups in total. The molecule has 0 radical (unpaired) electrons. The van der Waals surface area contributed by atoms with Gasteiger partial charge in [0.05, 0.1) is 5.02 Å². The molecular weight excluding hydrogens is 301 g/mol. The number of hydrogen-bond acceptors (Lipinski definition) is 3. The molecule has 0 spiro atoms. The first-order valence-electron chi connectivity index (χ1n) is 6.22. The van der Waals surface area contributed by atoms with Crippen molar-refractivity contribution in [2.24, 2.45) is 0 Å². The van der Waals surface area contributed by atoms with Gasteiger partial charge >= 0.3 is 5.97 Å². The fourth-order valence-electron chi connectivity index (χ4n) is 1.46. The van der Waals surface area contributed by atoms with Gasteiger partial charge in [0.2, 0.25) is 0 Å². The van der Waals surface area contributed by atoms with Gasteiger partial charge in [-0.25, -0.2) is 4.79 Å². The molecule has 0 bridgehead atoms. The molecule has 0 amide bonds. The van der Waals surface area contributed by atoms with Crippen molar-refractivity contribution in [3.63, 3.8) is 0 Å². The highest BCUT2D eigenvalue weighted by molar-refractivity contribution is 6.35. The first-order chi connectivity index (χ1) is 9.10. The van der Waals surface area contributed by atoms with Crippen LogP contribution in [0.2, 0.25) is 10.0 Å². The van der Waals surface area contributed by atoms with E-state index in [1.54, 1.807) is 6.07 Å². The monoisotopic (exact) mass is 319 g/mol. The molecule has 1 atom stereocenters. The number of carbonyl (C=O) groups is 1. The van der Waals surface area contributed by atoms with Crippen LogP contribution in [0.1, 0.15) is 33.3 Å². The number of benzene rings is 1. The highest BCUT2D eigenvalue weighted by Crippen LogP contribution is 2.33. The third kappa shape index (κ3) is 5.19. The number of hydrogen-bond donors (Lipinski definition) is 2. The Hall–Kier alpha value is -0.970. The van der Waals surface area contributed by atoms with E-state index in [4.69, 9.17) is 33.0 Å². The van der Waals surface area contributed by atoms with Gasteiger partial charge in [0.25, 0.3) is 0 Å². The van der Waals surface area contributed by atoms with Gasteiger partial charge in [0, 0.05) is 22.7 Å². The van der Waals surface area contributed by atoms with Crippen molar-refractivity contribution in [2.75, 3.05) is 0 Å². The lowest BCUT2D eigenvalue weighted by atomic mass is 10.1. The number of carboxylic acid groups (broad SMARTS) is 1. The van der Waals surface area contributed by atoms with E-state index in [0.717, 1.165) is 5.56 Å². The fourth-order valence-corrected chi connectivity index (χ4v) is 2.04. The molecule has 1 aromatic rings. The van der Waals surface area contributed by atoms with Crippen LogP contribution in [-0.4, -0.2) is 22.7 Å². The van der Waals surface area contributed by atoms with Gasteiger partial charge in [-0.3, -0.25) is 0 Å². The van der Waals surface area contributed by atoms with E-state index in [1.165, 1.54) is 13.0 Å². The van der Waals surface area contributed by atoms with Crippen LogP contribution < -0.4 is 10.1 Å². The summed E-state index contributed by atoms with van der Waals surface area (Å²) in [6, 6.07) is 3.25. The summed E-state index contributed by atoms with van der Waals surface area (Å²) >= 11 is 12.1. The van der Waals surface area contributed by atoms with Crippen LogP contribution in [0.3, 0.4) is 0 Å². The summed E-state index contributed by atoms with van der Waals surface area (Å²) in [6.07, 6.45) is -0.984. The van der Waals surface area contributed by atoms with E-state index in [9.17, 15) is 4.79 Å². The van der Waals surface area contributed by atoms with Crippen LogP contribution in [0.4, 0.5) is 0 Å². The molecule has 0 aliphatic rings. The number of halogens is 2. The van der Waals surface area contributed by atoms with E-state index in [-0.39, 0.29) is 5.54 Å². The Morgan fingerprint density at radius 3 is 2.50 bits per heavy atom. The summed E-state index contributed by atoms with van der Waals surface area (Å²) in [5.41, 5.74) is 0.635. The van der Waals surface area contributed by atoms with Crippen LogP contribution in [0.25, 0.3) is 0 Å². The van der Waals surface area contributed by atoms with E-state index < -0.39 is 12.1 Å². The summed E-state index contributed by atoms with van der Waals surface area (Å²) in [4.78, 5) is 10.9. The Bertz CT molecular complexity index is 498. The third-order valence-corrected chi connectivity index (χ3v) is 3.04. The van der Waals surface area contributed by atoms with Crippen molar-refractivity contribution >= 4 is 29.2 Å². The zero-order valence-corrected chi connectivity index (χ0v) is 13.5. The highest BCUT2D eigenvalue weighted by atomic mass is 35.5. The molecule has 0 aliphatic heterocycles. The largest absolute Gasteiger partial charge is 0.479 e. The van der Waals surface area contributed by atoms with Crippen molar-refractivity contribution in [3.05, 3.63) is 27.7 Å². The minimum Gasteiger partial charge on any atom is -0.479 e. The summed E-state index contributed by atoms with van der Waals surface area (Å²) in [5.74, 6) is -0.700. The van der Waals surface area contributed by atoms with Gasteiger partial charge < -0.3 is 15.2 Å². The van der Waals surface area contributed by atoms with Crippen molar-refractivity contribution in [1.29, 1.82) is 0 Å². The second-order valence-electron chi connectivity index (χ2n) is 5.58. The molecule has 112 valence electrons. The molecule has 0 saturated carbocycles. The molecule has 0 saturated heterocycles. The Balaban J connectivity index is 3.04. The second kappa shape index (κ2) is 6.66. The van der Waals surface area contributed by atoms with Gasteiger partial charge in [-0.1, -0.05) is 23.2 Å². The minimum absolute atomic E-state index is 0.0928. The molecule has 1 aromatic carbocycles. The van der Waals surface area contributed by atoms with Gasteiger partial charge in [0.1, 0.15) is 5.75 Å². The molecule has 6 heteroatoms. The molecule has 0 heterocycles. The van der Waals surface area contributed by atoms with Crippen LogP contribution in [0.15, 0.2) is 12.1 Å². The van der Waals surface area contributed by atoms with Gasteiger partial charge in [-0.15, -0.1) is 0 Å². The zero-order chi connectivity index (χ0) is 15.5. The highest BCUT2D eigenvalue weighted by Gasteiger charge is 2.19. The van der Waals surface area contributed by atoms with Crippen molar-refractivity contribution in [2.45, 2.75) is 45.9 Å². The summed E-state index contributed by atoms with van der Waals surface area (Å²) < 4.78 is 5.43. The summed E-state index contributed by atoms with van der Waals surface area (Å²) in [7, 11) is 0. The molecule has 1 rings (SSSR count). The van der Waals surface area contributed by atoms with Crippen LogP contribution in [0.5, 0.6) is 5.75 Å². The van der Waals surface area contributed by atoms with Gasteiger partial charge in [-0.2, -0.15) is 0 Å². The van der Waals surface area contributed by atoms with Crippen molar-refractivity contribution in [3.8, 4) is 5.75 Å². The number of nitrogens with one attached hydrogen (secondary N) is 1. The number of rotatable bonds is 5. The lowest BCUT2D eigenvalue weighted by Crippen LogP contribution is -2.35. The average Bonchev–Trinajstić information content (AvgIpc) is 2.28. The van der Waals surface area contributed by atoms with Gasteiger partial charge in [-0.05, 0) is 39.8 Å². The maximum Gasteiger partial charge on any atom is 0.344 e. The fraction of sp³-hybridized carbons (Fsp3) is 0.500. The third-order valence-electron chi connectivity index (χ3n) is 2.54. The maximum absolute atomic E-state index is 10.9. The van der Waals surface area contributed by atoms with Crippen LogP contribution in [0, 0.1) is 0 Å². The van der Waals surface area contributed by atoms with E-state index >= 15 is 0 Å². The first kappa shape index (κ1) is 17.1. The quantitative estimate of drug-likeness (QED) is 0.868. The maximum atomic E-state index is 10.9. The second-order valence-corrected chi connectivity index (χ2v) is 6.42. The molecule has 20 heavy (non-hydrogen) atoms. The lowest BCUT2D eigenvalue weighted by Gasteiger charge is -2.23. The van der Waals surface area contributed by atoms with Crippen LogP contribution in [-0.2, 0) is 11.3 Å². The summed E-state index contributed by atoms with van der Waals surface area (Å²) in [5, 5.41) is 13.0. The van der Waals surface area contributed by atoms with E-state index in [0.29, 0.717) is 22.3 Å². The molecule has 4 nitrogen and oxygen atoms in total. The molecule has 0 aromatic heterocycles. The Labute approximate surface area is 129 Å². The molecule has 1 unspecified atom stereocenters. The zero-order valence-electron chi connectivity index (χ0n) is 12.0. The first-order valence-corrected chi connectivity index (χ1v) is 6.98. The van der Waals surface area contributed by atoms with E-state index in [2.05, 4.69) is 5.32 Å². The van der Waals surface area contributed by atoms with Crippen molar-refractivity contribution in [1.82, 2.24) is 5.32 Å². The summed E-state index contributed by atoms with van der Waals surface area (Å²) in [6.45, 7) is 8.01. The molecule has 0 aliphatic carbocycles. The number of ether oxygens (including phenoxy) is 1. The predicted octanol–water partition coefficient (Wildman–Crippen LogP) is 3.73. The Morgan fingerprint density at radius 1 is 1.40 bits per heavy atom. The minimum atomic E-state index is -1.05. The standard InChI is InChI=1S/C14H19Cl2NO3/c1-8(13(18)19)20-12-9(7-17-14(2,3)4)5-10(15)6-11(12)16/h5-6,8,17H,7H2,1-4H3,(H,18,19). The Kier molecular flexibility index (Phi) is 5.68. The lowest BCUT2D eigenvalue weighted by molar-refractivity contribution is -0.144.